The zero-order valence-corrected chi connectivity index (χ0v) is 41.4. The molecule has 0 aliphatic rings. The van der Waals surface area contributed by atoms with Crippen molar-refractivity contribution in [1.29, 1.82) is 0 Å². The molecule has 0 aromatic rings. The van der Waals surface area contributed by atoms with Crippen LogP contribution in [0.1, 0.15) is 220 Å². The van der Waals surface area contributed by atoms with Crippen molar-refractivity contribution < 1.29 is 24.5 Å². The number of carbonyl (C=O) groups excluding carboxylic acids is 2. The molecule has 3 unspecified atom stereocenters. The van der Waals surface area contributed by atoms with Crippen LogP contribution in [0.3, 0.4) is 0 Å². The van der Waals surface area contributed by atoms with E-state index in [0.717, 1.165) is 103 Å². The molecule has 1 amide bonds. The van der Waals surface area contributed by atoms with Gasteiger partial charge in [-0.05, 0) is 77.0 Å². The lowest BCUT2D eigenvalue weighted by atomic mass is 10.0. The van der Waals surface area contributed by atoms with E-state index in [0.29, 0.717) is 19.3 Å². The van der Waals surface area contributed by atoms with E-state index >= 15 is 0 Å². The summed E-state index contributed by atoms with van der Waals surface area (Å²) in [6, 6.07) is -0.731. The predicted octanol–water partition coefficient (Wildman–Crippen LogP) is 15.9. The Hall–Kier alpha value is -3.48. The highest BCUT2D eigenvalue weighted by molar-refractivity contribution is 5.77. The summed E-state index contributed by atoms with van der Waals surface area (Å²) in [7, 11) is 0. The Kier molecular flexibility index (Phi) is 47.8. The van der Waals surface area contributed by atoms with Crippen molar-refractivity contribution in [1.82, 2.24) is 5.32 Å². The maximum absolute atomic E-state index is 13.2. The van der Waals surface area contributed by atoms with Gasteiger partial charge in [-0.1, -0.05) is 239 Å². The fraction of sp³-hybridized carbons (Fsp3) is 0.655. The van der Waals surface area contributed by atoms with Crippen LogP contribution in [0, 0.1) is 0 Å². The molecule has 0 saturated heterocycles. The Morgan fingerprint density at radius 3 is 1.50 bits per heavy atom. The van der Waals surface area contributed by atoms with Crippen LogP contribution in [-0.4, -0.2) is 46.9 Å². The number of esters is 1. The normalized spacial score (nSPS) is 14.1. The van der Waals surface area contributed by atoms with Crippen molar-refractivity contribution in [2.75, 3.05) is 6.61 Å². The van der Waals surface area contributed by atoms with E-state index in [1.165, 1.54) is 70.6 Å². The third-order valence-electron chi connectivity index (χ3n) is 11.2. The number of amides is 1. The van der Waals surface area contributed by atoms with Gasteiger partial charge in [-0.25, -0.2) is 0 Å². The van der Waals surface area contributed by atoms with Crippen molar-refractivity contribution >= 4 is 11.9 Å². The summed E-state index contributed by atoms with van der Waals surface area (Å²) in [6.45, 7) is 6.25. The zero-order chi connectivity index (χ0) is 46.7. The second-order valence-electron chi connectivity index (χ2n) is 17.3. The van der Waals surface area contributed by atoms with Gasteiger partial charge in [-0.15, -0.1) is 0 Å². The standard InChI is InChI=1S/C58H97NO5/c1-4-7-10-13-16-19-22-25-27-28-29-30-33-36-39-42-45-48-51-58(63)64-54(49-46-43-40-37-34-32-26-23-20-17-14-11-8-5-2)52-57(62)59-55(53-60)56(61)50-47-44-41-38-35-31-24-21-18-15-12-9-6-3/h8,10-11,13,16-17,19-20,22,25-30,32,37,40,54-56,60-61H,4-7,9,12,14-15,18,21,23-24,31,33-36,38-39,41-53H2,1-3H3,(H,59,62)/b11-8+,13-10+,19-16+,20-17+,25-22+,28-27+,30-29+,32-26+,40-37+. The maximum Gasteiger partial charge on any atom is 0.306 e. The molecule has 0 fully saturated rings. The van der Waals surface area contributed by atoms with Gasteiger partial charge in [-0.3, -0.25) is 9.59 Å². The Morgan fingerprint density at radius 1 is 0.484 bits per heavy atom. The molecule has 0 aromatic carbocycles. The topological polar surface area (TPSA) is 95.9 Å². The molecule has 6 heteroatoms. The van der Waals surface area contributed by atoms with Gasteiger partial charge in [0.15, 0.2) is 0 Å². The van der Waals surface area contributed by atoms with E-state index in [1.54, 1.807) is 0 Å². The first-order chi connectivity index (χ1) is 31.5. The molecule has 0 aliphatic carbocycles. The minimum atomic E-state index is -0.813. The van der Waals surface area contributed by atoms with Crippen molar-refractivity contribution in [2.45, 2.75) is 238 Å². The average molecular weight is 888 g/mol. The molecule has 364 valence electrons. The van der Waals surface area contributed by atoms with Gasteiger partial charge >= 0.3 is 5.97 Å². The molecule has 64 heavy (non-hydrogen) atoms. The summed E-state index contributed by atoms with van der Waals surface area (Å²) in [5, 5.41) is 23.8. The number of aliphatic hydroxyl groups excluding tert-OH is 2. The smallest absolute Gasteiger partial charge is 0.306 e. The third kappa shape index (κ3) is 45.1. The van der Waals surface area contributed by atoms with Gasteiger partial charge in [0.25, 0.3) is 0 Å². The van der Waals surface area contributed by atoms with Crippen LogP contribution in [0.2, 0.25) is 0 Å². The van der Waals surface area contributed by atoms with Crippen LogP contribution in [0.15, 0.2) is 109 Å². The first-order valence-corrected chi connectivity index (χ1v) is 26.2. The highest BCUT2D eigenvalue weighted by atomic mass is 16.5. The van der Waals surface area contributed by atoms with Gasteiger partial charge in [0.1, 0.15) is 6.10 Å². The average Bonchev–Trinajstić information content (AvgIpc) is 3.29. The Labute approximate surface area is 394 Å². The van der Waals surface area contributed by atoms with E-state index in [2.05, 4.69) is 111 Å². The Bertz CT molecular complexity index is 1320. The highest BCUT2D eigenvalue weighted by Gasteiger charge is 2.24. The van der Waals surface area contributed by atoms with Crippen LogP contribution in [0.25, 0.3) is 0 Å². The van der Waals surface area contributed by atoms with Crippen LogP contribution < -0.4 is 5.32 Å². The second kappa shape index (κ2) is 50.5. The summed E-state index contributed by atoms with van der Waals surface area (Å²) >= 11 is 0. The van der Waals surface area contributed by atoms with Crippen molar-refractivity contribution in [3.05, 3.63) is 109 Å². The molecule has 0 saturated carbocycles. The molecular formula is C58H97NO5. The lowest BCUT2D eigenvalue weighted by Gasteiger charge is -2.24. The number of hydrogen-bond donors (Lipinski definition) is 3. The fourth-order valence-corrected chi connectivity index (χ4v) is 7.28. The first-order valence-electron chi connectivity index (χ1n) is 26.2. The van der Waals surface area contributed by atoms with E-state index < -0.39 is 18.2 Å². The number of nitrogens with one attached hydrogen (secondary N) is 1. The van der Waals surface area contributed by atoms with Gasteiger partial charge in [0.2, 0.25) is 5.91 Å². The molecule has 0 heterocycles. The second-order valence-corrected chi connectivity index (χ2v) is 17.3. The van der Waals surface area contributed by atoms with E-state index in [9.17, 15) is 19.8 Å². The number of rotatable bonds is 45. The summed E-state index contributed by atoms with van der Waals surface area (Å²) in [4.78, 5) is 26.2. The summed E-state index contributed by atoms with van der Waals surface area (Å²) in [6.07, 6.45) is 68.6. The zero-order valence-electron chi connectivity index (χ0n) is 41.4. The molecule has 0 rings (SSSR count). The van der Waals surface area contributed by atoms with Crippen LogP contribution in [-0.2, 0) is 14.3 Å². The fourth-order valence-electron chi connectivity index (χ4n) is 7.28. The maximum atomic E-state index is 13.2. The molecule has 0 aromatic heterocycles. The highest BCUT2D eigenvalue weighted by Crippen LogP contribution is 2.17. The SMILES string of the molecule is CC/C=C/C/C=C/C/C=C/C/C=C/CCCC(CC(=O)NC(CO)C(O)CCCCCCCCCCCCCCC)OC(=O)CCCCCCC/C=C/C=C/C=C/C=C/C=C/CCC. The predicted molar refractivity (Wildman–Crippen MR) is 277 cm³/mol. The lowest BCUT2D eigenvalue weighted by molar-refractivity contribution is -0.151. The van der Waals surface area contributed by atoms with Gasteiger partial charge in [-0.2, -0.15) is 0 Å². The monoisotopic (exact) mass is 888 g/mol. The van der Waals surface area contributed by atoms with Crippen molar-refractivity contribution in [3.8, 4) is 0 Å². The van der Waals surface area contributed by atoms with E-state index in [4.69, 9.17) is 4.74 Å². The Balaban J connectivity index is 4.73. The summed E-state index contributed by atoms with van der Waals surface area (Å²) in [5.41, 5.74) is 0. The van der Waals surface area contributed by atoms with E-state index in [-0.39, 0.29) is 24.9 Å². The molecule has 3 N–H and O–H groups in total. The van der Waals surface area contributed by atoms with Crippen molar-refractivity contribution in [3.63, 3.8) is 0 Å². The molecular weight excluding hydrogens is 791 g/mol. The number of ether oxygens (including phenoxy) is 1. The minimum Gasteiger partial charge on any atom is -0.462 e. The van der Waals surface area contributed by atoms with E-state index in [1.807, 2.05) is 24.3 Å². The summed E-state index contributed by atoms with van der Waals surface area (Å²) in [5.74, 6) is -0.566. The molecule has 0 aliphatic heterocycles. The van der Waals surface area contributed by atoms with Gasteiger partial charge in [0, 0.05) is 6.42 Å². The van der Waals surface area contributed by atoms with Crippen LogP contribution >= 0.6 is 0 Å². The number of aliphatic hydroxyl groups is 2. The molecule has 6 nitrogen and oxygen atoms in total. The number of allylic oxidation sites excluding steroid dienone is 18. The number of unbranched alkanes of at least 4 members (excludes halogenated alkanes) is 19. The van der Waals surface area contributed by atoms with Gasteiger partial charge in [0.05, 0.1) is 25.2 Å². The minimum absolute atomic E-state index is 0.0225. The lowest BCUT2D eigenvalue weighted by Crippen LogP contribution is -2.46. The molecule has 0 spiro atoms. The first kappa shape index (κ1) is 60.5. The third-order valence-corrected chi connectivity index (χ3v) is 11.2. The largest absolute Gasteiger partial charge is 0.462 e. The molecule has 3 atom stereocenters. The molecule has 0 radical (unpaired) electrons. The van der Waals surface area contributed by atoms with Crippen LogP contribution in [0.5, 0.6) is 0 Å². The number of carbonyl (C=O) groups is 2. The van der Waals surface area contributed by atoms with Gasteiger partial charge < -0.3 is 20.3 Å². The molecule has 0 bridgehead atoms. The Morgan fingerprint density at radius 2 is 0.953 bits per heavy atom. The van der Waals surface area contributed by atoms with Crippen LogP contribution in [0.4, 0.5) is 0 Å². The quantitative estimate of drug-likeness (QED) is 0.0245. The summed E-state index contributed by atoms with van der Waals surface area (Å²) < 4.78 is 5.90. The number of hydrogen-bond acceptors (Lipinski definition) is 5. The van der Waals surface area contributed by atoms with Crippen molar-refractivity contribution in [2.24, 2.45) is 0 Å².